The lowest BCUT2D eigenvalue weighted by atomic mass is 10.0. The molecule has 3 nitrogen and oxygen atoms in total. The lowest BCUT2D eigenvalue weighted by Gasteiger charge is -2.12. The Bertz CT molecular complexity index is 1060. The van der Waals surface area contributed by atoms with Crippen LogP contribution in [0.1, 0.15) is 11.1 Å². The molecule has 0 aliphatic carbocycles. The van der Waals surface area contributed by atoms with Crippen LogP contribution in [0.25, 0.3) is 28.2 Å². The van der Waals surface area contributed by atoms with Crippen LogP contribution < -0.4 is 0 Å². The quantitative estimate of drug-likeness (QED) is 0.532. The van der Waals surface area contributed by atoms with Gasteiger partial charge in [-0.25, -0.2) is 4.68 Å². The van der Waals surface area contributed by atoms with Gasteiger partial charge in [0.05, 0.1) is 5.69 Å². The summed E-state index contributed by atoms with van der Waals surface area (Å²) >= 11 is 0. The smallest absolute Gasteiger partial charge is 0.170 e. The van der Waals surface area contributed by atoms with Crippen LogP contribution in [0.4, 0.5) is 0 Å². The highest BCUT2D eigenvalue weighted by Crippen LogP contribution is 2.40. The molecule has 128 valence electrons. The number of aromatic nitrogens is 2. The fraction of sp³-hybridized carbons (Fsp3) is 0.0870. The normalized spacial score (nSPS) is 10.8. The second-order valence-electron chi connectivity index (χ2n) is 6.43. The third kappa shape index (κ3) is 2.68. The van der Waals surface area contributed by atoms with Crippen molar-refractivity contribution in [1.29, 1.82) is 0 Å². The molecule has 1 N–H and O–H groups in total. The molecule has 4 aromatic rings. The maximum absolute atomic E-state index is 11.1. The largest absolute Gasteiger partial charge is 0.504 e. The van der Waals surface area contributed by atoms with Gasteiger partial charge in [0.25, 0.3) is 0 Å². The van der Waals surface area contributed by atoms with Crippen molar-refractivity contribution in [2.24, 2.45) is 0 Å². The first-order valence-electron chi connectivity index (χ1n) is 8.66. The van der Waals surface area contributed by atoms with Crippen LogP contribution in [0.15, 0.2) is 78.9 Å². The summed E-state index contributed by atoms with van der Waals surface area (Å²) in [7, 11) is 0. The van der Waals surface area contributed by atoms with Crippen LogP contribution in [0.5, 0.6) is 5.75 Å². The van der Waals surface area contributed by atoms with E-state index in [-0.39, 0.29) is 5.75 Å². The molecule has 0 aliphatic heterocycles. The summed E-state index contributed by atoms with van der Waals surface area (Å²) < 4.78 is 1.86. The highest BCUT2D eigenvalue weighted by Gasteiger charge is 2.22. The van der Waals surface area contributed by atoms with Crippen molar-refractivity contribution in [3.8, 4) is 34.0 Å². The zero-order valence-corrected chi connectivity index (χ0v) is 14.8. The van der Waals surface area contributed by atoms with E-state index in [0.717, 1.165) is 33.6 Å². The van der Waals surface area contributed by atoms with Gasteiger partial charge in [-0.05, 0) is 31.0 Å². The Hall–Kier alpha value is -3.33. The van der Waals surface area contributed by atoms with Crippen molar-refractivity contribution in [3.05, 3.63) is 90.0 Å². The molecule has 1 heterocycles. The number of hydrogen-bond acceptors (Lipinski definition) is 2. The van der Waals surface area contributed by atoms with Crippen molar-refractivity contribution in [2.45, 2.75) is 13.8 Å². The average molecular weight is 340 g/mol. The van der Waals surface area contributed by atoms with Gasteiger partial charge >= 0.3 is 0 Å². The highest BCUT2D eigenvalue weighted by atomic mass is 16.3. The third-order valence-corrected chi connectivity index (χ3v) is 4.65. The summed E-state index contributed by atoms with van der Waals surface area (Å²) in [5.41, 5.74) is 6.34. The molecule has 26 heavy (non-hydrogen) atoms. The van der Waals surface area contributed by atoms with E-state index in [2.05, 4.69) is 13.0 Å². The second kappa shape index (κ2) is 6.52. The fourth-order valence-electron chi connectivity index (χ4n) is 3.26. The van der Waals surface area contributed by atoms with Crippen LogP contribution in [-0.2, 0) is 0 Å². The van der Waals surface area contributed by atoms with Crippen molar-refractivity contribution in [2.75, 3.05) is 0 Å². The topological polar surface area (TPSA) is 38.1 Å². The Kier molecular flexibility index (Phi) is 4.05. The predicted molar refractivity (Wildman–Crippen MR) is 106 cm³/mol. The van der Waals surface area contributed by atoms with E-state index in [1.807, 2.05) is 84.4 Å². The monoisotopic (exact) mass is 340 g/mol. The molecule has 3 heteroatoms. The highest BCUT2D eigenvalue weighted by molar-refractivity contribution is 5.80. The first kappa shape index (κ1) is 16.2. The molecule has 0 fully saturated rings. The summed E-state index contributed by atoms with van der Waals surface area (Å²) in [4.78, 5) is 0. The van der Waals surface area contributed by atoms with E-state index in [4.69, 9.17) is 5.10 Å². The SMILES string of the molecule is Cc1ccccc1-c1c(O)c(-c2ccccc2)nn1-c1ccccc1C. The minimum Gasteiger partial charge on any atom is -0.504 e. The van der Waals surface area contributed by atoms with Crippen molar-refractivity contribution < 1.29 is 5.11 Å². The summed E-state index contributed by atoms with van der Waals surface area (Å²) in [6.45, 7) is 4.10. The van der Waals surface area contributed by atoms with Crippen LogP contribution in [0.2, 0.25) is 0 Å². The molecule has 0 saturated heterocycles. The van der Waals surface area contributed by atoms with Gasteiger partial charge in [-0.3, -0.25) is 0 Å². The van der Waals surface area contributed by atoms with E-state index in [9.17, 15) is 5.11 Å². The number of hydrogen-bond donors (Lipinski definition) is 1. The molecule has 0 saturated carbocycles. The number of aryl methyl sites for hydroxylation is 2. The zero-order chi connectivity index (χ0) is 18.1. The molecule has 0 unspecified atom stereocenters. The van der Waals surface area contributed by atoms with E-state index in [1.165, 1.54) is 0 Å². The second-order valence-corrected chi connectivity index (χ2v) is 6.43. The molecule has 1 aromatic heterocycles. The summed E-state index contributed by atoms with van der Waals surface area (Å²) in [5.74, 6) is 0.203. The molecule has 0 radical (unpaired) electrons. The minimum atomic E-state index is 0.203. The van der Waals surface area contributed by atoms with Gasteiger partial charge in [0.1, 0.15) is 11.4 Å². The minimum absolute atomic E-state index is 0.203. The lowest BCUT2D eigenvalue weighted by molar-refractivity contribution is 0.479. The summed E-state index contributed by atoms with van der Waals surface area (Å²) in [5, 5.41) is 15.9. The maximum atomic E-state index is 11.1. The zero-order valence-electron chi connectivity index (χ0n) is 14.8. The van der Waals surface area contributed by atoms with Gasteiger partial charge in [-0.2, -0.15) is 5.10 Å². The number of benzene rings is 3. The molecule has 0 atom stereocenters. The van der Waals surface area contributed by atoms with Crippen molar-refractivity contribution >= 4 is 0 Å². The van der Waals surface area contributed by atoms with Crippen LogP contribution in [0.3, 0.4) is 0 Å². The molecule has 4 rings (SSSR count). The van der Waals surface area contributed by atoms with Gasteiger partial charge in [0, 0.05) is 11.1 Å². The van der Waals surface area contributed by atoms with Crippen LogP contribution in [0, 0.1) is 13.8 Å². The predicted octanol–water partition coefficient (Wildman–Crippen LogP) is 5.53. The Morgan fingerprint density at radius 3 is 2.04 bits per heavy atom. The average Bonchev–Trinajstić information content (AvgIpc) is 3.00. The van der Waals surface area contributed by atoms with Gasteiger partial charge < -0.3 is 5.11 Å². The van der Waals surface area contributed by atoms with E-state index in [0.29, 0.717) is 5.69 Å². The van der Waals surface area contributed by atoms with E-state index < -0.39 is 0 Å². The molecule has 3 aromatic carbocycles. The van der Waals surface area contributed by atoms with Gasteiger partial charge in [-0.1, -0.05) is 72.8 Å². The number of para-hydroxylation sites is 1. The maximum Gasteiger partial charge on any atom is 0.170 e. The van der Waals surface area contributed by atoms with E-state index in [1.54, 1.807) is 0 Å². The van der Waals surface area contributed by atoms with Gasteiger partial charge in [-0.15, -0.1) is 0 Å². The Balaban J connectivity index is 2.04. The van der Waals surface area contributed by atoms with Crippen molar-refractivity contribution in [1.82, 2.24) is 9.78 Å². The Morgan fingerprint density at radius 1 is 0.731 bits per heavy atom. The van der Waals surface area contributed by atoms with Crippen LogP contribution in [-0.4, -0.2) is 14.9 Å². The number of nitrogens with zero attached hydrogens (tertiary/aromatic N) is 2. The summed E-state index contributed by atoms with van der Waals surface area (Å²) in [6.07, 6.45) is 0. The number of rotatable bonds is 3. The first-order valence-corrected chi connectivity index (χ1v) is 8.66. The lowest BCUT2D eigenvalue weighted by Crippen LogP contribution is -2.02. The van der Waals surface area contributed by atoms with Crippen LogP contribution >= 0.6 is 0 Å². The molecule has 0 aliphatic rings. The Morgan fingerprint density at radius 2 is 1.35 bits per heavy atom. The van der Waals surface area contributed by atoms with Crippen molar-refractivity contribution in [3.63, 3.8) is 0 Å². The fourth-order valence-corrected chi connectivity index (χ4v) is 3.26. The number of aromatic hydroxyl groups is 1. The van der Waals surface area contributed by atoms with Gasteiger partial charge in [0.15, 0.2) is 5.75 Å². The molecular weight excluding hydrogens is 320 g/mol. The first-order chi connectivity index (χ1) is 12.7. The van der Waals surface area contributed by atoms with Gasteiger partial charge in [0.2, 0.25) is 0 Å². The molecular formula is C23H20N2O. The molecule has 0 amide bonds. The van der Waals surface area contributed by atoms with E-state index >= 15 is 0 Å². The molecule has 0 spiro atoms. The third-order valence-electron chi connectivity index (χ3n) is 4.65. The Labute approximate surface area is 153 Å². The summed E-state index contributed by atoms with van der Waals surface area (Å²) in [6, 6.07) is 25.9. The molecule has 0 bridgehead atoms. The standard InChI is InChI=1S/C23H20N2O/c1-16-10-6-8-14-19(16)22-23(26)21(18-12-4-3-5-13-18)24-25(22)20-15-9-7-11-17(20)2/h3-15,26H,1-2H3.